The molecule has 0 N–H and O–H groups in total. The Morgan fingerprint density at radius 2 is 1.19 bits per heavy atom. The van der Waals surface area contributed by atoms with E-state index >= 15 is 0 Å². The molecule has 0 saturated carbocycles. The van der Waals surface area contributed by atoms with Crippen LogP contribution < -0.4 is 4.90 Å². The Hall–Kier alpha value is -5.03. The van der Waals surface area contributed by atoms with E-state index in [2.05, 4.69) is 105 Å². The van der Waals surface area contributed by atoms with Crippen LogP contribution in [0.3, 0.4) is 0 Å². The van der Waals surface area contributed by atoms with E-state index < -0.39 is 5.41 Å². The van der Waals surface area contributed by atoms with Crippen molar-refractivity contribution in [3.8, 4) is 11.1 Å². The van der Waals surface area contributed by atoms with Gasteiger partial charge in [0.1, 0.15) is 5.00 Å². The van der Waals surface area contributed by atoms with Crippen molar-refractivity contribution >= 4 is 57.0 Å². The number of hydrogen-bond acceptors (Lipinski definition) is 4. The van der Waals surface area contributed by atoms with Crippen LogP contribution in [0.4, 0.5) is 16.4 Å². The van der Waals surface area contributed by atoms with Crippen LogP contribution in [0.1, 0.15) is 64.5 Å². The molecule has 0 radical (unpaired) electrons. The smallest absolute Gasteiger partial charge is 0.197 e. The second-order valence-corrected chi connectivity index (χ2v) is 14.2. The van der Waals surface area contributed by atoms with Gasteiger partial charge >= 0.3 is 0 Å². The predicted octanol–water partition coefficient (Wildman–Crippen LogP) is 10.9. The third-order valence-corrected chi connectivity index (χ3v) is 11.2. The molecule has 5 aromatic carbocycles. The van der Waals surface area contributed by atoms with Crippen LogP contribution in [0.5, 0.6) is 0 Å². The zero-order valence-electron chi connectivity index (χ0n) is 26.0. The number of hydrogen-bond donors (Lipinski definition) is 0. The molecule has 0 saturated heterocycles. The maximum atomic E-state index is 13.5. The molecular formula is C42H28ClNO2S. The van der Waals surface area contributed by atoms with Gasteiger partial charge in [0.15, 0.2) is 11.6 Å². The maximum Gasteiger partial charge on any atom is 0.197 e. The number of rotatable bonds is 2. The predicted molar refractivity (Wildman–Crippen MR) is 192 cm³/mol. The average molecular weight is 646 g/mol. The summed E-state index contributed by atoms with van der Waals surface area (Å²) < 4.78 is 0. The number of benzene rings is 5. The van der Waals surface area contributed by atoms with Crippen LogP contribution in [-0.2, 0) is 5.41 Å². The number of halogens is 1. The van der Waals surface area contributed by atoms with Gasteiger partial charge in [0.2, 0.25) is 0 Å². The normalized spacial score (nSPS) is 15.0. The monoisotopic (exact) mass is 645 g/mol. The first-order valence-corrected chi connectivity index (χ1v) is 16.9. The van der Waals surface area contributed by atoms with Crippen molar-refractivity contribution in [2.45, 2.75) is 26.2 Å². The highest BCUT2D eigenvalue weighted by atomic mass is 35.5. The van der Waals surface area contributed by atoms with Crippen molar-refractivity contribution in [1.29, 1.82) is 0 Å². The van der Waals surface area contributed by atoms with Gasteiger partial charge in [-0.25, -0.2) is 0 Å². The minimum atomic E-state index is -0.661. The Kier molecular flexibility index (Phi) is 5.99. The van der Waals surface area contributed by atoms with E-state index in [0.717, 1.165) is 32.4 Å². The summed E-state index contributed by atoms with van der Waals surface area (Å²) in [4.78, 5) is 30.3. The Bertz CT molecular complexity index is 2310. The first-order valence-electron chi connectivity index (χ1n) is 15.7. The lowest BCUT2D eigenvalue weighted by atomic mass is 9.66. The molecule has 47 heavy (non-hydrogen) atoms. The lowest BCUT2D eigenvalue weighted by Gasteiger charge is -2.44. The van der Waals surface area contributed by atoms with Crippen LogP contribution in [-0.4, -0.2) is 11.6 Å². The maximum absolute atomic E-state index is 13.5. The van der Waals surface area contributed by atoms with E-state index in [9.17, 15) is 9.59 Å². The topological polar surface area (TPSA) is 37.4 Å². The van der Waals surface area contributed by atoms with Gasteiger partial charge in [0.25, 0.3) is 0 Å². The summed E-state index contributed by atoms with van der Waals surface area (Å²) in [6, 6.07) is 37.3. The molecular weight excluding hydrogens is 618 g/mol. The highest BCUT2D eigenvalue weighted by molar-refractivity contribution is 7.17. The van der Waals surface area contributed by atoms with Gasteiger partial charge in [-0.3, -0.25) is 9.59 Å². The van der Waals surface area contributed by atoms with Crippen LogP contribution in [0.25, 0.3) is 17.2 Å². The Balaban J connectivity index is 1.40. The van der Waals surface area contributed by atoms with Gasteiger partial charge in [-0.2, -0.15) is 0 Å². The zero-order valence-corrected chi connectivity index (χ0v) is 27.6. The fraction of sp³-hybridized carbons (Fsp3) is 0.0952. The standard InChI is InChI=1S/C42H28ClNO2S/c1-23-18-24(2)38(25(3)19-23)44-37-17-16-26(43)20-35(37)42(33-14-8-6-10-28(33)29-11-7-9-15-34(29)42)36-22-27(47-41(36)44)21-32-39(45)30-12-4-5-13-31(30)40(32)46/h4-22H,1-3H3. The molecule has 3 nitrogen and oxygen atoms in total. The Labute approximate surface area is 282 Å². The number of thiophene rings is 1. The third kappa shape index (κ3) is 3.74. The van der Waals surface area contributed by atoms with Crippen LogP contribution in [0.2, 0.25) is 5.02 Å². The number of aryl methyl sites for hydroxylation is 3. The van der Waals surface area contributed by atoms with E-state index in [1.54, 1.807) is 29.5 Å². The van der Waals surface area contributed by atoms with E-state index in [0.29, 0.717) is 16.1 Å². The van der Waals surface area contributed by atoms with E-state index in [1.165, 1.54) is 38.9 Å². The number of anilines is 3. The largest absolute Gasteiger partial charge is 0.301 e. The molecule has 0 unspecified atom stereocenters. The summed E-state index contributed by atoms with van der Waals surface area (Å²) in [7, 11) is 0. The SMILES string of the molecule is Cc1cc(C)c(N2c3ccc(Cl)cc3C3(c4ccccc4-c4ccccc43)c3cc(C=C4C(=O)c5ccccc5C4=O)sc32)c(C)c1. The Morgan fingerprint density at radius 3 is 1.79 bits per heavy atom. The highest BCUT2D eigenvalue weighted by Gasteiger charge is 2.53. The number of carbonyl (C=O) groups is 2. The van der Waals surface area contributed by atoms with Crippen LogP contribution >= 0.6 is 22.9 Å². The van der Waals surface area contributed by atoms with Gasteiger partial charge in [0, 0.05) is 26.6 Å². The molecule has 0 atom stereocenters. The second kappa shape index (κ2) is 9.98. The fourth-order valence-electron chi connectivity index (χ4n) is 8.27. The summed E-state index contributed by atoms with van der Waals surface area (Å²) in [5.41, 5.74) is 13.2. The first-order chi connectivity index (χ1) is 22.8. The molecule has 3 aliphatic rings. The average Bonchev–Trinajstić information content (AvgIpc) is 3.69. The van der Waals surface area contributed by atoms with Gasteiger partial charge in [-0.15, -0.1) is 11.3 Å². The zero-order chi connectivity index (χ0) is 32.2. The van der Waals surface area contributed by atoms with Gasteiger partial charge in [0.05, 0.1) is 22.4 Å². The molecule has 0 bridgehead atoms. The van der Waals surface area contributed by atoms with Crippen LogP contribution in [0, 0.1) is 20.8 Å². The second-order valence-electron chi connectivity index (χ2n) is 12.7. The molecule has 0 fully saturated rings. The molecule has 0 amide bonds. The minimum Gasteiger partial charge on any atom is -0.301 e. The first kappa shape index (κ1) is 28.2. The highest BCUT2D eigenvalue weighted by Crippen LogP contribution is 2.65. The van der Waals surface area contributed by atoms with Gasteiger partial charge < -0.3 is 4.90 Å². The minimum absolute atomic E-state index is 0.209. The lowest BCUT2D eigenvalue weighted by Crippen LogP contribution is -2.35. The van der Waals surface area contributed by atoms with Gasteiger partial charge in [-0.05, 0) is 90.1 Å². The molecule has 6 aromatic rings. The summed E-state index contributed by atoms with van der Waals surface area (Å²) in [6.07, 6.45) is 1.80. The fourth-order valence-corrected chi connectivity index (χ4v) is 9.62. The molecule has 226 valence electrons. The molecule has 2 aliphatic carbocycles. The van der Waals surface area contributed by atoms with Crippen molar-refractivity contribution in [1.82, 2.24) is 0 Å². The summed E-state index contributed by atoms with van der Waals surface area (Å²) in [5.74, 6) is -0.444. The molecule has 1 spiro atoms. The molecule has 5 heteroatoms. The summed E-state index contributed by atoms with van der Waals surface area (Å²) >= 11 is 8.51. The van der Waals surface area contributed by atoms with Crippen molar-refractivity contribution in [3.63, 3.8) is 0 Å². The number of carbonyl (C=O) groups excluding carboxylic acids is 2. The third-order valence-electron chi connectivity index (χ3n) is 9.95. The van der Waals surface area contributed by atoms with E-state index in [-0.39, 0.29) is 17.1 Å². The lowest BCUT2D eigenvalue weighted by molar-refractivity contribution is 0.0990. The molecule has 9 rings (SSSR count). The summed E-state index contributed by atoms with van der Waals surface area (Å²) in [6.45, 7) is 6.46. The molecule has 2 heterocycles. The van der Waals surface area contributed by atoms with Gasteiger partial charge in [-0.1, -0.05) is 102 Å². The van der Waals surface area contributed by atoms with Crippen molar-refractivity contribution in [2.75, 3.05) is 4.90 Å². The number of Topliss-reactive ketones (excluding diaryl/α,β-unsaturated/α-hetero) is 2. The number of nitrogens with zero attached hydrogens (tertiary/aromatic N) is 1. The number of allylic oxidation sites excluding steroid dienone is 1. The quantitative estimate of drug-likeness (QED) is 0.139. The number of ketones is 2. The van der Waals surface area contributed by atoms with Crippen molar-refractivity contribution < 1.29 is 9.59 Å². The van der Waals surface area contributed by atoms with Crippen LogP contribution in [0.15, 0.2) is 115 Å². The van der Waals surface area contributed by atoms with Crippen molar-refractivity contribution in [3.05, 3.63) is 175 Å². The molecule has 1 aromatic heterocycles. The van der Waals surface area contributed by atoms with E-state index in [4.69, 9.17) is 11.6 Å². The Morgan fingerprint density at radius 1 is 0.638 bits per heavy atom. The van der Waals surface area contributed by atoms with Crippen molar-refractivity contribution in [2.24, 2.45) is 0 Å². The number of fused-ring (bicyclic) bond motifs is 10. The summed E-state index contributed by atoms with van der Waals surface area (Å²) in [5, 5.41) is 1.73. The van der Waals surface area contributed by atoms with E-state index in [1.807, 2.05) is 18.2 Å². The molecule has 1 aliphatic heterocycles.